The summed E-state index contributed by atoms with van der Waals surface area (Å²) in [6.07, 6.45) is 20.6. The summed E-state index contributed by atoms with van der Waals surface area (Å²) in [4.78, 5) is 0. The van der Waals surface area contributed by atoms with E-state index in [2.05, 4.69) is 38.2 Å². The first kappa shape index (κ1) is 16.1. The third kappa shape index (κ3) is 4.27. The fraction of sp³-hybridized carbons (Fsp3) is 0.684. The molecule has 0 aromatic heterocycles. The zero-order chi connectivity index (χ0) is 14.1. The second-order valence-electron chi connectivity index (χ2n) is 6.01. The molecule has 0 N–H and O–H groups in total. The molecule has 0 saturated heterocycles. The van der Waals surface area contributed by atoms with Crippen molar-refractivity contribution in [1.82, 2.24) is 0 Å². The predicted octanol–water partition coefficient (Wildman–Crippen LogP) is 5.75. The van der Waals surface area contributed by atoms with Gasteiger partial charge in [0.1, 0.15) is 0 Å². The summed E-state index contributed by atoms with van der Waals surface area (Å²) in [5.74, 6) is 4.55. The minimum atomic E-state index is 0.612. The first-order valence-electron chi connectivity index (χ1n) is 7.90. The fourth-order valence-corrected chi connectivity index (χ4v) is 3.82. The number of hydrogen-bond donors (Lipinski definition) is 0. The second kappa shape index (κ2) is 8.26. The molecule has 0 aliphatic heterocycles. The maximum atomic E-state index is 5.39. The van der Waals surface area contributed by atoms with Crippen LogP contribution in [0, 0.1) is 29.6 Å². The molecule has 0 heterocycles. The molecule has 1 aliphatic rings. The molecule has 0 amide bonds. The van der Waals surface area contributed by atoms with E-state index in [4.69, 9.17) is 6.42 Å². The van der Waals surface area contributed by atoms with Crippen LogP contribution in [0.3, 0.4) is 0 Å². The Morgan fingerprint density at radius 1 is 1.32 bits per heavy atom. The lowest BCUT2D eigenvalue weighted by Gasteiger charge is -2.27. The van der Waals surface area contributed by atoms with Crippen molar-refractivity contribution in [3.05, 3.63) is 25.3 Å². The van der Waals surface area contributed by atoms with Gasteiger partial charge in [-0.3, -0.25) is 0 Å². The molecule has 0 spiro atoms. The molecule has 0 radical (unpaired) electrons. The highest BCUT2D eigenvalue weighted by molar-refractivity contribution is 5.06. The van der Waals surface area contributed by atoms with Crippen molar-refractivity contribution in [3.8, 4) is 12.3 Å². The Morgan fingerprint density at radius 3 is 2.63 bits per heavy atom. The van der Waals surface area contributed by atoms with E-state index in [1.165, 1.54) is 44.9 Å². The number of unbranched alkanes of at least 4 members (excludes halogenated alkanes) is 1. The fourth-order valence-electron chi connectivity index (χ4n) is 3.82. The zero-order valence-electron chi connectivity index (χ0n) is 12.7. The minimum absolute atomic E-state index is 0.612. The SMILES string of the molecule is C#CCCCC(CCC=C)C1(CC)CC1CCC=C. The molecule has 0 aromatic carbocycles. The monoisotopic (exact) mass is 258 g/mol. The summed E-state index contributed by atoms with van der Waals surface area (Å²) < 4.78 is 0. The van der Waals surface area contributed by atoms with Gasteiger partial charge < -0.3 is 0 Å². The van der Waals surface area contributed by atoms with Gasteiger partial charge in [-0.2, -0.15) is 0 Å². The second-order valence-corrected chi connectivity index (χ2v) is 6.01. The normalized spacial score (nSPS) is 26.4. The largest absolute Gasteiger partial charge is 0.120 e. The highest BCUT2D eigenvalue weighted by Crippen LogP contribution is 2.64. The van der Waals surface area contributed by atoms with Gasteiger partial charge in [-0.1, -0.05) is 19.1 Å². The highest BCUT2D eigenvalue weighted by atomic mass is 14.6. The van der Waals surface area contributed by atoms with Crippen LogP contribution < -0.4 is 0 Å². The van der Waals surface area contributed by atoms with Gasteiger partial charge in [0.25, 0.3) is 0 Å². The Kier molecular flexibility index (Phi) is 7.00. The lowest BCUT2D eigenvalue weighted by molar-refractivity contribution is 0.232. The summed E-state index contributed by atoms with van der Waals surface area (Å²) in [7, 11) is 0. The van der Waals surface area contributed by atoms with Crippen molar-refractivity contribution < 1.29 is 0 Å². The third-order valence-electron chi connectivity index (χ3n) is 5.06. The van der Waals surface area contributed by atoms with E-state index in [1.54, 1.807) is 0 Å². The summed E-state index contributed by atoms with van der Waals surface area (Å²) in [6, 6.07) is 0. The average molecular weight is 258 g/mol. The van der Waals surface area contributed by atoms with Crippen LogP contribution in [0.5, 0.6) is 0 Å². The summed E-state index contributed by atoms with van der Waals surface area (Å²) in [5, 5.41) is 0. The van der Waals surface area contributed by atoms with Crippen molar-refractivity contribution in [3.63, 3.8) is 0 Å². The average Bonchev–Trinajstić information content (AvgIpc) is 3.15. The highest BCUT2D eigenvalue weighted by Gasteiger charge is 2.55. The Morgan fingerprint density at radius 2 is 2.05 bits per heavy atom. The molecular weight excluding hydrogens is 228 g/mol. The summed E-state index contributed by atoms with van der Waals surface area (Å²) in [5.41, 5.74) is 0.612. The van der Waals surface area contributed by atoms with Gasteiger partial charge in [0.2, 0.25) is 0 Å². The standard InChI is InChI=1S/C19H30/c1-5-9-12-15-17(13-10-6-2)19(8-4)16-18(19)14-11-7-3/h1,6-7,17-18H,2-3,8-16H2,4H3. The topological polar surface area (TPSA) is 0 Å². The molecule has 1 fully saturated rings. The van der Waals surface area contributed by atoms with Gasteiger partial charge in [-0.15, -0.1) is 25.5 Å². The van der Waals surface area contributed by atoms with Crippen LogP contribution in [0.1, 0.15) is 64.7 Å². The lowest BCUT2D eigenvalue weighted by atomic mass is 9.77. The van der Waals surface area contributed by atoms with E-state index in [0.717, 1.165) is 24.7 Å². The Balaban J connectivity index is 2.57. The quantitative estimate of drug-likeness (QED) is 0.251. The van der Waals surface area contributed by atoms with Crippen molar-refractivity contribution in [2.45, 2.75) is 64.7 Å². The van der Waals surface area contributed by atoms with E-state index >= 15 is 0 Å². The lowest BCUT2D eigenvalue weighted by Crippen LogP contribution is -2.18. The van der Waals surface area contributed by atoms with Gasteiger partial charge in [-0.05, 0) is 68.6 Å². The van der Waals surface area contributed by atoms with E-state index < -0.39 is 0 Å². The number of rotatable bonds is 11. The van der Waals surface area contributed by atoms with E-state index in [1.807, 2.05) is 0 Å². The van der Waals surface area contributed by atoms with Crippen LogP contribution in [-0.4, -0.2) is 0 Å². The van der Waals surface area contributed by atoms with E-state index in [-0.39, 0.29) is 0 Å². The van der Waals surface area contributed by atoms with Gasteiger partial charge in [0.05, 0.1) is 0 Å². The molecule has 0 nitrogen and oxygen atoms in total. The van der Waals surface area contributed by atoms with Crippen molar-refractivity contribution in [2.24, 2.45) is 17.3 Å². The van der Waals surface area contributed by atoms with Gasteiger partial charge >= 0.3 is 0 Å². The van der Waals surface area contributed by atoms with Gasteiger partial charge in [0.15, 0.2) is 0 Å². The van der Waals surface area contributed by atoms with Crippen LogP contribution in [0.25, 0.3) is 0 Å². The van der Waals surface area contributed by atoms with Gasteiger partial charge in [0, 0.05) is 6.42 Å². The van der Waals surface area contributed by atoms with E-state index in [9.17, 15) is 0 Å². The number of terminal acetylenes is 1. The first-order chi connectivity index (χ1) is 9.25. The molecule has 0 aromatic rings. The number of allylic oxidation sites excluding steroid dienone is 2. The Bertz CT molecular complexity index is 319. The molecule has 3 atom stereocenters. The minimum Gasteiger partial charge on any atom is -0.120 e. The van der Waals surface area contributed by atoms with Crippen molar-refractivity contribution in [2.75, 3.05) is 0 Å². The maximum Gasteiger partial charge on any atom is 0.00861 e. The molecule has 0 heteroatoms. The van der Waals surface area contributed by atoms with Gasteiger partial charge in [-0.25, -0.2) is 0 Å². The molecule has 106 valence electrons. The molecule has 1 saturated carbocycles. The Labute approximate surface area is 120 Å². The number of hydrogen-bond acceptors (Lipinski definition) is 0. The summed E-state index contributed by atoms with van der Waals surface area (Å²) in [6.45, 7) is 10.1. The zero-order valence-corrected chi connectivity index (χ0v) is 12.7. The Hall–Kier alpha value is -0.960. The van der Waals surface area contributed by atoms with Crippen LogP contribution in [0.4, 0.5) is 0 Å². The first-order valence-corrected chi connectivity index (χ1v) is 7.90. The van der Waals surface area contributed by atoms with E-state index in [0.29, 0.717) is 5.41 Å². The maximum absolute atomic E-state index is 5.39. The van der Waals surface area contributed by atoms with Crippen molar-refractivity contribution >= 4 is 0 Å². The molecule has 3 unspecified atom stereocenters. The molecular formula is C19H30. The molecule has 1 rings (SSSR count). The van der Waals surface area contributed by atoms with Crippen LogP contribution >= 0.6 is 0 Å². The third-order valence-corrected chi connectivity index (χ3v) is 5.06. The molecule has 1 aliphatic carbocycles. The smallest absolute Gasteiger partial charge is 0.00861 e. The van der Waals surface area contributed by atoms with Crippen molar-refractivity contribution in [1.29, 1.82) is 0 Å². The predicted molar refractivity (Wildman–Crippen MR) is 85.9 cm³/mol. The summed E-state index contributed by atoms with van der Waals surface area (Å²) >= 11 is 0. The molecule has 0 bridgehead atoms. The van der Waals surface area contributed by atoms with Crippen LogP contribution in [0.2, 0.25) is 0 Å². The van der Waals surface area contributed by atoms with Crippen LogP contribution in [0.15, 0.2) is 25.3 Å². The van der Waals surface area contributed by atoms with Crippen LogP contribution in [-0.2, 0) is 0 Å². The molecule has 19 heavy (non-hydrogen) atoms.